The van der Waals surface area contributed by atoms with Gasteiger partial charge < -0.3 is 14.8 Å². The Labute approximate surface area is 110 Å². The second-order valence-corrected chi connectivity index (χ2v) is 4.11. The summed E-state index contributed by atoms with van der Waals surface area (Å²) in [5.74, 6) is 1.70. The molecule has 0 aliphatic rings. The van der Waals surface area contributed by atoms with E-state index >= 15 is 0 Å². The first-order chi connectivity index (χ1) is 8.78. The molecular weight excluding hydrogens is 226 g/mol. The third-order valence-electron chi connectivity index (χ3n) is 2.86. The average molecular weight is 249 g/mol. The summed E-state index contributed by atoms with van der Waals surface area (Å²) in [7, 11) is 3.37. The number of nitrogens with one attached hydrogen (secondary N) is 1. The van der Waals surface area contributed by atoms with Gasteiger partial charge in [0.25, 0.3) is 0 Å². The van der Waals surface area contributed by atoms with E-state index < -0.39 is 0 Å². The average Bonchev–Trinajstić information content (AvgIpc) is 2.42. The van der Waals surface area contributed by atoms with Crippen molar-refractivity contribution >= 4 is 0 Å². The van der Waals surface area contributed by atoms with Crippen LogP contribution in [0.5, 0.6) is 11.5 Å². The normalized spacial score (nSPS) is 11.9. The molecule has 100 valence electrons. The first kappa shape index (κ1) is 14.6. The fourth-order valence-electron chi connectivity index (χ4n) is 2.01. The topological polar surface area (TPSA) is 30.5 Å². The van der Waals surface area contributed by atoms with E-state index in [1.54, 1.807) is 14.2 Å². The molecule has 1 N–H and O–H groups in total. The molecule has 0 aliphatic heterocycles. The highest BCUT2D eigenvalue weighted by atomic mass is 16.5. The van der Waals surface area contributed by atoms with Crippen molar-refractivity contribution in [3.63, 3.8) is 0 Å². The van der Waals surface area contributed by atoms with Gasteiger partial charge in [-0.25, -0.2) is 0 Å². The molecule has 1 rings (SSSR count). The predicted octanol–water partition coefficient (Wildman–Crippen LogP) is 3.32. The highest BCUT2D eigenvalue weighted by Crippen LogP contribution is 2.35. The third kappa shape index (κ3) is 3.50. The Hall–Kier alpha value is -1.48. The number of rotatable bonds is 8. The molecule has 0 saturated carbocycles. The first-order valence-electron chi connectivity index (χ1n) is 6.33. The molecule has 0 radical (unpaired) electrons. The fraction of sp³-hybridized carbons (Fsp3) is 0.467. The van der Waals surface area contributed by atoms with Gasteiger partial charge in [0.05, 0.1) is 19.8 Å². The highest BCUT2D eigenvalue weighted by Gasteiger charge is 2.19. The minimum Gasteiger partial charge on any atom is -0.496 e. The van der Waals surface area contributed by atoms with Gasteiger partial charge in [-0.15, -0.1) is 6.58 Å². The van der Waals surface area contributed by atoms with Crippen molar-refractivity contribution in [2.24, 2.45) is 0 Å². The van der Waals surface area contributed by atoms with Gasteiger partial charge in [0.2, 0.25) is 0 Å². The van der Waals surface area contributed by atoms with Gasteiger partial charge in [-0.3, -0.25) is 0 Å². The number of methoxy groups -OCH3 is 2. The summed E-state index contributed by atoms with van der Waals surface area (Å²) < 4.78 is 10.9. The molecule has 3 heteroatoms. The monoisotopic (exact) mass is 249 g/mol. The lowest BCUT2D eigenvalue weighted by atomic mass is 10.0. The molecule has 0 bridgehead atoms. The number of hydrogen-bond donors (Lipinski definition) is 1. The van der Waals surface area contributed by atoms with Crippen molar-refractivity contribution < 1.29 is 9.47 Å². The zero-order valence-electron chi connectivity index (χ0n) is 11.5. The van der Waals surface area contributed by atoms with E-state index in [0.717, 1.165) is 36.4 Å². The standard InChI is InChI=1S/C15H23NO2/c1-5-8-12(16-11-6-2)15-13(17-3)9-7-10-14(15)18-4/h5,7,9-10,12,16H,1,6,8,11H2,2-4H3. The van der Waals surface area contributed by atoms with Crippen molar-refractivity contribution in [2.45, 2.75) is 25.8 Å². The van der Waals surface area contributed by atoms with Gasteiger partial charge in [-0.05, 0) is 31.5 Å². The van der Waals surface area contributed by atoms with Gasteiger partial charge in [0.1, 0.15) is 11.5 Å². The van der Waals surface area contributed by atoms with Crippen LogP contribution < -0.4 is 14.8 Å². The van der Waals surface area contributed by atoms with E-state index in [1.807, 2.05) is 24.3 Å². The molecule has 0 saturated heterocycles. The second kappa shape index (κ2) is 7.77. The minimum absolute atomic E-state index is 0.175. The highest BCUT2D eigenvalue weighted by molar-refractivity contribution is 5.47. The molecular formula is C15H23NO2. The Balaban J connectivity index is 3.10. The summed E-state index contributed by atoms with van der Waals surface area (Å²) in [6, 6.07) is 6.03. The maximum Gasteiger partial charge on any atom is 0.127 e. The Morgan fingerprint density at radius 2 is 1.89 bits per heavy atom. The van der Waals surface area contributed by atoms with E-state index in [0.29, 0.717) is 0 Å². The van der Waals surface area contributed by atoms with E-state index in [2.05, 4.69) is 18.8 Å². The third-order valence-corrected chi connectivity index (χ3v) is 2.86. The molecule has 0 heterocycles. The summed E-state index contributed by atoms with van der Waals surface area (Å²) in [5.41, 5.74) is 1.07. The number of hydrogen-bond acceptors (Lipinski definition) is 3. The van der Waals surface area contributed by atoms with Gasteiger partial charge in [-0.2, -0.15) is 0 Å². The maximum atomic E-state index is 5.44. The summed E-state index contributed by atoms with van der Waals surface area (Å²) in [6.07, 6.45) is 3.85. The SMILES string of the molecule is C=CCC(NCCC)c1c(OC)cccc1OC. The van der Waals surface area contributed by atoms with Crippen LogP contribution in [0, 0.1) is 0 Å². The summed E-state index contributed by atoms with van der Waals surface area (Å²) in [5, 5.41) is 3.50. The zero-order chi connectivity index (χ0) is 13.4. The molecule has 0 aromatic heterocycles. The zero-order valence-corrected chi connectivity index (χ0v) is 11.5. The quantitative estimate of drug-likeness (QED) is 0.717. The van der Waals surface area contributed by atoms with Gasteiger partial charge in [-0.1, -0.05) is 19.1 Å². The van der Waals surface area contributed by atoms with Crippen LogP contribution in [0.3, 0.4) is 0 Å². The lowest BCUT2D eigenvalue weighted by molar-refractivity contribution is 0.370. The molecule has 0 fully saturated rings. The van der Waals surface area contributed by atoms with Crippen molar-refractivity contribution in [2.75, 3.05) is 20.8 Å². The lowest BCUT2D eigenvalue weighted by Gasteiger charge is -2.22. The van der Waals surface area contributed by atoms with Crippen LogP contribution in [-0.4, -0.2) is 20.8 Å². The minimum atomic E-state index is 0.175. The summed E-state index contributed by atoms with van der Waals surface area (Å²) >= 11 is 0. The molecule has 1 aromatic rings. The molecule has 18 heavy (non-hydrogen) atoms. The molecule has 1 unspecified atom stereocenters. The van der Waals surface area contributed by atoms with Crippen molar-refractivity contribution in [1.29, 1.82) is 0 Å². The van der Waals surface area contributed by atoms with Gasteiger partial charge >= 0.3 is 0 Å². The van der Waals surface area contributed by atoms with Crippen LogP contribution in [0.1, 0.15) is 31.4 Å². The van der Waals surface area contributed by atoms with Crippen LogP contribution in [0.25, 0.3) is 0 Å². The molecule has 1 atom stereocenters. The Morgan fingerprint density at radius 1 is 1.28 bits per heavy atom. The van der Waals surface area contributed by atoms with E-state index in [1.165, 1.54) is 0 Å². The smallest absolute Gasteiger partial charge is 0.127 e. The van der Waals surface area contributed by atoms with E-state index in [4.69, 9.17) is 9.47 Å². The predicted molar refractivity (Wildman–Crippen MR) is 75.4 cm³/mol. The number of ether oxygens (including phenoxy) is 2. The van der Waals surface area contributed by atoms with Crippen molar-refractivity contribution in [3.05, 3.63) is 36.4 Å². The first-order valence-corrected chi connectivity index (χ1v) is 6.33. The van der Waals surface area contributed by atoms with E-state index in [-0.39, 0.29) is 6.04 Å². The van der Waals surface area contributed by atoms with Gasteiger partial charge in [0, 0.05) is 6.04 Å². The van der Waals surface area contributed by atoms with Gasteiger partial charge in [0.15, 0.2) is 0 Å². The van der Waals surface area contributed by atoms with Crippen LogP contribution >= 0.6 is 0 Å². The Bertz CT molecular complexity index is 355. The second-order valence-electron chi connectivity index (χ2n) is 4.11. The summed E-state index contributed by atoms with van der Waals surface area (Å²) in [4.78, 5) is 0. The Morgan fingerprint density at radius 3 is 2.33 bits per heavy atom. The maximum absolute atomic E-state index is 5.44. The molecule has 0 amide bonds. The van der Waals surface area contributed by atoms with Crippen LogP contribution in [-0.2, 0) is 0 Å². The van der Waals surface area contributed by atoms with Crippen molar-refractivity contribution in [1.82, 2.24) is 5.32 Å². The fourth-order valence-corrected chi connectivity index (χ4v) is 2.01. The van der Waals surface area contributed by atoms with Crippen LogP contribution in [0.15, 0.2) is 30.9 Å². The van der Waals surface area contributed by atoms with E-state index in [9.17, 15) is 0 Å². The summed E-state index contributed by atoms with van der Waals surface area (Å²) in [6.45, 7) is 6.93. The van der Waals surface area contributed by atoms with Crippen molar-refractivity contribution in [3.8, 4) is 11.5 Å². The largest absolute Gasteiger partial charge is 0.496 e. The number of benzene rings is 1. The molecule has 3 nitrogen and oxygen atoms in total. The molecule has 1 aromatic carbocycles. The van der Waals surface area contributed by atoms with Crippen LogP contribution in [0.4, 0.5) is 0 Å². The molecule has 0 spiro atoms. The Kier molecular flexibility index (Phi) is 6.29. The molecule has 0 aliphatic carbocycles. The lowest BCUT2D eigenvalue weighted by Crippen LogP contribution is -2.22. The van der Waals surface area contributed by atoms with Crippen LogP contribution in [0.2, 0.25) is 0 Å².